The number of carbonyl (C=O) groups is 1. The van der Waals surface area contributed by atoms with Gasteiger partial charge in [0.15, 0.2) is 5.78 Å². The first-order chi connectivity index (χ1) is 8.74. The number of carbonyl (C=O) groups excluding carboxylic acids is 1. The van der Waals surface area contributed by atoms with Gasteiger partial charge in [0, 0.05) is 34.1 Å². The quantitative estimate of drug-likeness (QED) is 0.806. The topological polar surface area (TPSA) is 32.9 Å². The van der Waals surface area contributed by atoms with E-state index in [1.54, 1.807) is 0 Å². The third-order valence-corrected chi connectivity index (χ3v) is 4.13. The van der Waals surface area contributed by atoms with Crippen LogP contribution >= 0.6 is 11.6 Å². The number of ketones is 1. The Kier molecular flexibility index (Phi) is 3.13. The molecule has 0 unspecified atom stereocenters. The molecule has 1 N–H and O–H groups in total. The molecule has 0 aliphatic heterocycles. The number of Topliss-reactive ketones (excluding diaryl/α,β-unsaturated/α-hetero) is 1. The summed E-state index contributed by atoms with van der Waals surface area (Å²) in [4.78, 5) is 15.4. The highest BCUT2D eigenvalue weighted by Crippen LogP contribution is 2.30. The van der Waals surface area contributed by atoms with Gasteiger partial charge in [-0.05, 0) is 18.1 Å². The second kappa shape index (κ2) is 4.77. The molecule has 0 atom stereocenters. The van der Waals surface area contributed by atoms with E-state index in [9.17, 15) is 4.79 Å². The summed E-state index contributed by atoms with van der Waals surface area (Å²) in [5.74, 6) is 0.852. The molecule has 0 saturated heterocycles. The third kappa shape index (κ3) is 2.17. The highest BCUT2D eigenvalue weighted by Gasteiger charge is 2.20. The van der Waals surface area contributed by atoms with E-state index in [4.69, 9.17) is 11.6 Å². The number of nitrogens with one attached hydrogen (secondary N) is 1. The van der Waals surface area contributed by atoms with E-state index in [0.29, 0.717) is 17.4 Å². The van der Waals surface area contributed by atoms with Gasteiger partial charge >= 0.3 is 0 Å². The van der Waals surface area contributed by atoms with Gasteiger partial charge in [-0.1, -0.05) is 43.4 Å². The van der Waals surface area contributed by atoms with Crippen LogP contribution in [0.5, 0.6) is 0 Å². The Morgan fingerprint density at radius 2 is 2.11 bits per heavy atom. The maximum Gasteiger partial charge on any atom is 0.165 e. The molecule has 0 amide bonds. The number of halogens is 1. The SMILES string of the molecule is O=C(CC1CCCC1)c1c[nH]c2cc(Cl)ccc12. The Balaban J connectivity index is 1.86. The Morgan fingerprint density at radius 3 is 2.89 bits per heavy atom. The molecule has 0 radical (unpaired) electrons. The van der Waals surface area contributed by atoms with Crippen LogP contribution < -0.4 is 0 Å². The molecule has 0 bridgehead atoms. The van der Waals surface area contributed by atoms with Crippen molar-refractivity contribution in [3.8, 4) is 0 Å². The molecule has 3 rings (SSSR count). The molecule has 1 fully saturated rings. The van der Waals surface area contributed by atoms with Gasteiger partial charge in [0.1, 0.15) is 0 Å². The van der Waals surface area contributed by atoms with Gasteiger partial charge in [-0.15, -0.1) is 0 Å². The number of fused-ring (bicyclic) bond motifs is 1. The molecule has 1 aliphatic carbocycles. The lowest BCUT2D eigenvalue weighted by Gasteiger charge is -2.06. The summed E-state index contributed by atoms with van der Waals surface area (Å²) in [5.41, 5.74) is 1.76. The predicted octanol–water partition coefficient (Wildman–Crippen LogP) is 4.58. The summed E-state index contributed by atoms with van der Waals surface area (Å²) < 4.78 is 0. The standard InChI is InChI=1S/C15H16ClNO/c16-11-5-6-12-13(9-17-14(12)8-11)15(18)7-10-3-1-2-4-10/h5-6,8-10,17H,1-4,7H2. The maximum atomic E-state index is 12.3. The van der Waals surface area contributed by atoms with Gasteiger partial charge in [0.2, 0.25) is 0 Å². The molecule has 1 saturated carbocycles. The molecule has 3 heteroatoms. The largest absolute Gasteiger partial charge is 0.360 e. The lowest BCUT2D eigenvalue weighted by atomic mass is 9.97. The number of rotatable bonds is 3. The highest BCUT2D eigenvalue weighted by molar-refractivity contribution is 6.31. The fraction of sp³-hybridized carbons (Fsp3) is 0.400. The first-order valence-corrected chi connectivity index (χ1v) is 6.91. The molecule has 18 heavy (non-hydrogen) atoms. The van der Waals surface area contributed by atoms with Crippen molar-refractivity contribution in [2.24, 2.45) is 5.92 Å². The van der Waals surface area contributed by atoms with Crippen LogP contribution in [0.25, 0.3) is 10.9 Å². The van der Waals surface area contributed by atoms with Gasteiger partial charge in [0.25, 0.3) is 0 Å². The minimum Gasteiger partial charge on any atom is -0.360 e. The second-order valence-electron chi connectivity index (χ2n) is 5.17. The lowest BCUT2D eigenvalue weighted by molar-refractivity contribution is 0.0964. The molecular formula is C15H16ClNO. The Bertz CT molecular complexity index is 581. The normalized spacial score (nSPS) is 16.5. The van der Waals surface area contributed by atoms with Gasteiger partial charge in [-0.3, -0.25) is 4.79 Å². The smallest absolute Gasteiger partial charge is 0.165 e. The Morgan fingerprint density at radius 1 is 1.33 bits per heavy atom. The maximum absolute atomic E-state index is 12.3. The van der Waals surface area contributed by atoms with Crippen LogP contribution in [0.1, 0.15) is 42.5 Å². The van der Waals surface area contributed by atoms with E-state index in [1.165, 1.54) is 25.7 Å². The zero-order valence-electron chi connectivity index (χ0n) is 10.2. The number of benzene rings is 1. The van der Waals surface area contributed by atoms with Crippen molar-refractivity contribution >= 4 is 28.3 Å². The van der Waals surface area contributed by atoms with Crippen LogP contribution in [0.4, 0.5) is 0 Å². The van der Waals surface area contributed by atoms with Gasteiger partial charge in [-0.2, -0.15) is 0 Å². The third-order valence-electron chi connectivity index (χ3n) is 3.89. The van der Waals surface area contributed by atoms with Crippen molar-refractivity contribution in [2.75, 3.05) is 0 Å². The predicted molar refractivity (Wildman–Crippen MR) is 74.2 cm³/mol. The molecule has 1 heterocycles. The minimum absolute atomic E-state index is 0.260. The van der Waals surface area contributed by atoms with Crippen molar-refractivity contribution < 1.29 is 4.79 Å². The van der Waals surface area contributed by atoms with Crippen LogP contribution in [0.3, 0.4) is 0 Å². The van der Waals surface area contributed by atoms with E-state index >= 15 is 0 Å². The van der Waals surface area contributed by atoms with Crippen molar-refractivity contribution in [2.45, 2.75) is 32.1 Å². The summed E-state index contributed by atoms with van der Waals surface area (Å²) >= 11 is 5.94. The summed E-state index contributed by atoms with van der Waals surface area (Å²) in [7, 11) is 0. The van der Waals surface area contributed by atoms with Crippen LogP contribution in [0.15, 0.2) is 24.4 Å². The molecule has 94 valence electrons. The summed E-state index contributed by atoms with van der Waals surface area (Å²) in [5, 5.41) is 1.68. The molecule has 1 aliphatic rings. The highest BCUT2D eigenvalue weighted by atomic mass is 35.5. The zero-order chi connectivity index (χ0) is 12.5. The van der Waals surface area contributed by atoms with E-state index < -0.39 is 0 Å². The number of hydrogen-bond acceptors (Lipinski definition) is 1. The van der Waals surface area contributed by atoms with Crippen LogP contribution in [-0.2, 0) is 0 Å². The van der Waals surface area contributed by atoms with Crippen molar-refractivity contribution in [3.05, 3.63) is 35.0 Å². The number of aromatic nitrogens is 1. The minimum atomic E-state index is 0.260. The zero-order valence-corrected chi connectivity index (χ0v) is 11.0. The average Bonchev–Trinajstić information content (AvgIpc) is 2.97. The van der Waals surface area contributed by atoms with Gasteiger partial charge < -0.3 is 4.98 Å². The lowest BCUT2D eigenvalue weighted by Crippen LogP contribution is -2.05. The second-order valence-corrected chi connectivity index (χ2v) is 5.61. The fourth-order valence-corrected chi connectivity index (χ4v) is 3.09. The Labute approximate surface area is 111 Å². The summed E-state index contributed by atoms with van der Waals surface area (Å²) in [6.45, 7) is 0. The van der Waals surface area contributed by atoms with Crippen molar-refractivity contribution in [1.82, 2.24) is 4.98 Å². The molecule has 0 spiro atoms. The number of hydrogen-bond donors (Lipinski definition) is 1. The average molecular weight is 262 g/mol. The first-order valence-electron chi connectivity index (χ1n) is 6.54. The molecule has 2 aromatic rings. The van der Waals surface area contributed by atoms with Crippen LogP contribution in [0.2, 0.25) is 5.02 Å². The first kappa shape index (κ1) is 11.8. The Hall–Kier alpha value is -1.28. The number of H-pyrrole nitrogens is 1. The van der Waals surface area contributed by atoms with Gasteiger partial charge in [-0.25, -0.2) is 0 Å². The van der Waals surface area contributed by atoms with Crippen molar-refractivity contribution in [3.63, 3.8) is 0 Å². The van der Waals surface area contributed by atoms with E-state index in [-0.39, 0.29) is 5.78 Å². The fourth-order valence-electron chi connectivity index (χ4n) is 2.92. The molecule has 1 aromatic carbocycles. The van der Waals surface area contributed by atoms with E-state index in [0.717, 1.165) is 16.5 Å². The van der Waals surface area contributed by atoms with Crippen LogP contribution in [-0.4, -0.2) is 10.8 Å². The van der Waals surface area contributed by atoms with Crippen LogP contribution in [0, 0.1) is 5.92 Å². The summed E-state index contributed by atoms with van der Waals surface area (Å²) in [6, 6.07) is 5.63. The van der Waals surface area contributed by atoms with E-state index in [1.807, 2.05) is 24.4 Å². The summed E-state index contributed by atoms with van der Waals surface area (Å²) in [6.07, 6.45) is 7.48. The molecule has 1 aromatic heterocycles. The number of aromatic amines is 1. The van der Waals surface area contributed by atoms with Gasteiger partial charge in [0.05, 0.1) is 0 Å². The molecular weight excluding hydrogens is 246 g/mol. The van der Waals surface area contributed by atoms with E-state index in [2.05, 4.69) is 4.98 Å². The van der Waals surface area contributed by atoms with Crippen molar-refractivity contribution in [1.29, 1.82) is 0 Å². The molecule has 2 nitrogen and oxygen atoms in total. The monoisotopic (exact) mass is 261 g/mol.